The molecule has 3 amide bonds. The number of aryl methyl sites for hydroxylation is 3. The van der Waals surface area contributed by atoms with Crippen LogP contribution in [0, 0.1) is 0 Å². The van der Waals surface area contributed by atoms with Crippen molar-refractivity contribution in [3.8, 4) is 23.0 Å². The second-order valence-corrected chi connectivity index (χ2v) is 44.5. The molecule has 0 heterocycles. The van der Waals surface area contributed by atoms with Crippen LogP contribution in [0.2, 0.25) is 36.3 Å². The Kier molecular flexibility index (Phi) is 64.2. The van der Waals surface area contributed by atoms with Crippen LogP contribution in [0.3, 0.4) is 0 Å². The molecule has 0 radical (unpaired) electrons. The zero-order chi connectivity index (χ0) is 101. The normalized spacial score (nSPS) is 11.5. The number of amides is 3. The van der Waals surface area contributed by atoms with Crippen LogP contribution in [-0.2, 0) is 190 Å². The molecule has 0 bridgehead atoms. The molecule has 0 aliphatic carbocycles. The average Bonchev–Trinajstić information content (AvgIpc) is 0.898. The Morgan fingerprint density at radius 1 is 0.328 bits per heavy atom. The van der Waals surface area contributed by atoms with Crippen molar-refractivity contribution in [2.45, 2.75) is 208 Å². The lowest BCUT2D eigenvalue weighted by atomic mass is 10.1. The van der Waals surface area contributed by atoms with Gasteiger partial charge in [-0.3, -0.25) is 47.3 Å². The van der Waals surface area contributed by atoms with Crippen LogP contribution in [-0.4, -0.2) is 300 Å². The van der Waals surface area contributed by atoms with Gasteiger partial charge in [0.1, 0.15) is 62.6 Å². The zero-order valence-corrected chi connectivity index (χ0v) is 85.0. The van der Waals surface area contributed by atoms with Crippen LogP contribution < -0.4 is 30.2 Å². The van der Waals surface area contributed by atoms with Crippen LogP contribution in [0.4, 0.5) is 0 Å². The topological polar surface area (TPSA) is 478 Å². The summed E-state index contributed by atoms with van der Waals surface area (Å²) in [5.41, 5.74) is 7.55. The Morgan fingerprint density at radius 2 is 0.545 bits per heavy atom. The molecule has 762 valence electrons. The minimum atomic E-state index is -3.54. The summed E-state index contributed by atoms with van der Waals surface area (Å²) in [6.07, 6.45) is 2.65. The number of benzene rings is 4. The van der Waals surface area contributed by atoms with Gasteiger partial charge in [-0.15, -0.1) is 0 Å². The van der Waals surface area contributed by atoms with E-state index in [2.05, 4.69) is 144 Å². The third kappa shape index (κ3) is 59.9. The van der Waals surface area contributed by atoms with Crippen molar-refractivity contribution in [3.63, 3.8) is 0 Å². The standard InChI is InChI=1S/C30H51NO10Si.C25H39NO12S.C23H35NO11.C15H26O2Si/c1-9-23-16-24(21-41-42(7,8)30(2,3)4)18-26(17-23)40-15-14-38-11-10-37-12-13-39-22-27(32)31-25(19-28(33)35-5)20-29(34)36-6;1-5-19-12-20(17-38-39(4,30)31)14-22(13-19)37-11-10-35-7-6-34-8-9-36-18-23(27)26-21(15-24(28)32-2)16-25(29)33-3;1-30-22(28)12-19(13-23(29)31-2)24-21(27)16-34-6-5-32-3-4-33-7-8-35-20-10-17(14-25)9-18(11-20)15-26;1-7-12-8-13(10-14(16)9-12)11-17-18(5,6)15(2,3)4/h16-18,25H,9-15,19-22H2,1-8H3,(H,31,32);12-14,21H,5-11,15-18H2,1-4H3,(H,26,27);9-11,19,25-26H,3-8,12-16H2,1-2H3,(H,24,27);8-10,16H,7,11H2,1-6H3. The molecule has 134 heavy (non-hydrogen) atoms. The van der Waals surface area contributed by atoms with Crippen molar-refractivity contribution in [2.75, 3.05) is 188 Å². The van der Waals surface area contributed by atoms with Gasteiger partial charge in [0.25, 0.3) is 10.1 Å². The SMILES string of the molecule is CCc1cc(COS(C)(=O)=O)cc(OCCOCCOCCOCC(=O)NC(CC(=O)OC)CC(=O)OC)c1.CCc1cc(CO[Si](C)(C)C(C)(C)C)cc(OCCOCCOCCOCC(=O)NC(CC(=O)OC)CC(=O)OC)c1.CCc1cc(O)cc(CO[Si](C)(C)C(C)(C)C)c1.COC(=O)CC(CC(=O)OC)NC(=O)COCCOCCOCCOc1cc(CO)cc(CO)c1. The highest BCUT2D eigenvalue weighted by atomic mass is 32.2. The zero-order valence-electron chi connectivity index (χ0n) is 82.2. The number of carbonyl (C=O) groups is 9. The number of rotatable bonds is 65. The van der Waals surface area contributed by atoms with Crippen molar-refractivity contribution in [3.05, 3.63) is 117 Å². The number of aromatic hydroxyl groups is 1. The summed E-state index contributed by atoms with van der Waals surface area (Å²) < 4.78 is 133. The van der Waals surface area contributed by atoms with Crippen LogP contribution in [0.25, 0.3) is 0 Å². The second-order valence-electron chi connectivity index (χ2n) is 33.3. The Labute approximate surface area is 793 Å². The first-order valence-electron chi connectivity index (χ1n) is 44.3. The van der Waals surface area contributed by atoms with Crippen molar-refractivity contribution < 1.29 is 165 Å². The van der Waals surface area contributed by atoms with E-state index in [9.17, 15) is 66.9 Å². The van der Waals surface area contributed by atoms with Crippen molar-refractivity contribution in [1.29, 1.82) is 0 Å². The number of carbonyl (C=O) groups excluding carboxylic acids is 9. The highest BCUT2D eigenvalue weighted by Gasteiger charge is 2.38. The lowest BCUT2D eigenvalue weighted by Crippen LogP contribution is -2.40. The summed E-state index contributed by atoms with van der Waals surface area (Å²) in [6, 6.07) is 20.3. The molecule has 0 fully saturated rings. The molecular formula is C93H151N3O35SSi2. The van der Waals surface area contributed by atoms with E-state index in [4.69, 9.17) is 69.9 Å². The van der Waals surface area contributed by atoms with Crippen molar-refractivity contribution >= 4 is 80.3 Å². The van der Waals surface area contributed by atoms with Gasteiger partial charge in [-0.25, -0.2) is 0 Å². The van der Waals surface area contributed by atoms with Gasteiger partial charge in [0.2, 0.25) is 17.7 Å². The number of aliphatic hydroxyl groups is 2. The molecule has 0 atom stereocenters. The van der Waals surface area contributed by atoms with E-state index in [0.29, 0.717) is 126 Å². The highest BCUT2D eigenvalue weighted by molar-refractivity contribution is 7.85. The maximum atomic E-state index is 12.1. The Bertz CT molecular complexity index is 4090. The van der Waals surface area contributed by atoms with E-state index >= 15 is 0 Å². The summed E-state index contributed by atoms with van der Waals surface area (Å²) in [5.74, 6) is -2.49. The van der Waals surface area contributed by atoms with Gasteiger partial charge in [-0.05, 0) is 149 Å². The monoisotopic (exact) mass is 1960 g/mol. The molecule has 6 N–H and O–H groups in total. The average molecular weight is 1960 g/mol. The predicted octanol–water partition coefficient (Wildman–Crippen LogP) is 8.76. The van der Waals surface area contributed by atoms with E-state index in [1.54, 1.807) is 30.3 Å². The Balaban J connectivity index is 0.000000922. The summed E-state index contributed by atoms with van der Waals surface area (Å²) >= 11 is 0. The summed E-state index contributed by atoms with van der Waals surface area (Å²) in [4.78, 5) is 105. The van der Waals surface area contributed by atoms with Crippen molar-refractivity contribution in [2.24, 2.45) is 0 Å². The maximum absolute atomic E-state index is 12.1. The third-order valence-corrected chi connectivity index (χ3v) is 29.8. The molecule has 41 heteroatoms. The fourth-order valence-electron chi connectivity index (χ4n) is 10.9. The first-order valence-corrected chi connectivity index (χ1v) is 52.0. The minimum absolute atomic E-state index is 0.0590. The predicted molar refractivity (Wildman–Crippen MR) is 500 cm³/mol. The summed E-state index contributed by atoms with van der Waals surface area (Å²) in [6.45, 7) is 34.1. The van der Waals surface area contributed by atoms with Crippen LogP contribution in [0.15, 0.2) is 72.8 Å². The summed E-state index contributed by atoms with van der Waals surface area (Å²) in [5, 5.41) is 36.2. The lowest BCUT2D eigenvalue weighted by Gasteiger charge is -2.36. The van der Waals surface area contributed by atoms with Gasteiger partial charge < -0.3 is 125 Å². The van der Waals surface area contributed by atoms with E-state index in [1.165, 1.54) is 48.2 Å². The molecular weight excluding hydrogens is 1810 g/mol. The molecule has 4 aromatic rings. The molecule has 0 saturated carbocycles. The smallest absolute Gasteiger partial charge is 0.307 e. The fourth-order valence-corrected chi connectivity index (χ4v) is 13.1. The number of aliphatic hydroxyl groups excluding tert-OH is 2. The Morgan fingerprint density at radius 3 is 0.791 bits per heavy atom. The molecule has 0 saturated heterocycles. The quantitative estimate of drug-likeness (QED) is 0.00790. The summed E-state index contributed by atoms with van der Waals surface area (Å²) in [7, 11) is 0.239. The van der Waals surface area contributed by atoms with Crippen LogP contribution in [0.1, 0.15) is 145 Å². The number of esters is 6. The van der Waals surface area contributed by atoms with Crippen molar-refractivity contribution in [1.82, 2.24) is 16.0 Å². The highest BCUT2D eigenvalue weighted by Crippen LogP contribution is 2.39. The first-order chi connectivity index (χ1) is 63.4. The van der Waals surface area contributed by atoms with Gasteiger partial charge >= 0.3 is 35.8 Å². The van der Waals surface area contributed by atoms with E-state index < -0.39 is 98.4 Å². The van der Waals surface area contributed by atoms with Crippen LogP contribution in [0.5, 0.6) is 23.0 Å². The third-order valence-electron chi connectivity index (χ3n) is 20.3. The molecule has 4 rings (SSSR count). The van der Waals surface area contributed by atoms with E-state index in [0.717, 1.165) is 53.5 Å². The van der Waals surface area contributed by atoms with Crippen LogP contribution >= 0.6 is 0 Å². The number of ether oxygens (including phenoxy) is 18. The number of methoxy groups -OCH3 is 6. The number of nitrogens with one attached hydrogen (secondary N) is 3. The molecule has 0 aliphatic rings. The molecule has 38 nitrogen and oxygen atoms in total. The van der Waals surface area contributed by atoms with Gasteiger partial charge in [0.15, 0.2) is 16.6 Å². The molecule has 0 spiro atoms. The number of hydrogen-bond donors (Lipinski definition) is 6. The Hall–Kier alpha value is -8.87. The van der Waals surface area contributed by atoms with E-state index in [-0.39, 0.29) is 128 Å². The first kappa shape index (κ1) is 123. The molecule has 0 aliphatic heterocycles. The molecule has 4 aromatic carbocycles. The fraction of sp³-hybridized carbons (Fsp3) is 0.645. The number of phenolic OH excluding ortho intramolecular Hbond substituents is 1. The van der Waals surface area contributed by atoms with Gasteiger partial charge in [0.05, 0.1) is 220 Å². The molecule has 0 aromatic heterocycles. The van der Waals surface area contributed by atoms with Gasteiger partial charge in [-0.2, -0.15) is 8.42 Å². The minimum Gasteiger partial charge on any atom is -0.508 e. The van der Waals surface area contributed by atoms with Gasteiger partial charge in [-0.1, -0.05) is 86.6 Å². The lowest BCUT2D eigenvalue weighted by molar-refractivity contribution is -0.146. The number of phenols is 1. The second kappa shape index (κ2) is 69.9. The molecule has 0 unspecified atom stereocenters. The maximum Gasteiger partial charge on any atom is 0.307 e. The van der Waals surface area contributed by atoms with E-state index in [1.807, 2.05) is 31.2 Å². The largest absolute Gasteiger partial charge is 0.508 e. The van der Waals surface area contributed by atoms with Gasteiger partial charge in [0, 0.05) is 18.1 Å². The number of hydrogen-bond acceptors (Lipinski definition) is 35.